The lowest BCUT2D eigenvalue weighted by Crippen LogP contribution is -2.12. The van der Waals surface area contributed by atoms with E-state index in [-0.39, 0.29) is 0 Å². The lowest BCUT2D eigenvalue weighted by Gasteiger charge is -2.07. The Morgan fingerprint density at radius 3 is 3.07 bits per heavy atom. The molecule has 0 aliphatic carbocycles. The van der Waals surface area contributed by atoms with E-state index in [2.05, 4.69) is 30.5 Å². The second kappa shape index (κ2) is 4.13. The summed E-state index contributed by atoms with van der Waals surface area (Å²) in [5, 5.41) is 7.87. The van der Waals surface area contributed by atoms with Crippen molar-refractivity contribution in [3.05, 3.63) is 17.5 Å². The zero-order chi connectivity index (χ0) is 9.97. The quantitative estimate of drug-likeness (QED) is 0.780. The molecule has 3 heteroatoms. The fourth-order valence-corrected chi connectivity index (χ4v) is 2.12. The number of aryl methyl sites for hydroxylation is 2. The summed E-state index contributed by atoms with van der Waals surface area (Å²) in [6.45, 7) is 4.51. The summed E-state index contributed by atoms with van der Waals surface area (Å²) in [6, 6.07) is 2.25. The first kappa shape index (κ1) is 9.71. The number of hydrogen-bond donors (Lipinski definition) is 1. The van der Waals surface area contributed by atoms with E-state index in [0.717, 1.165) is 12.3 Å². The maximum Gasteiger partial charge on any atom is 0.0624 e. The molecule has 2 rings (SSSR count). The normalized spacial score (nSPS) is 21.7. The largest absolute Gasteiger partial charge is 0.316 e. The summed E-state index contributed by atoms with van der Waals surface area (Å²) in [5.41, 5.74) is 2.60. The van der Waals surface area contributed by atoms with Gasteiger partial charge in [-0.15, -0.1) is 0 Å². The smallest absolute Gasteiger partial charge is 0.0624 e. The first-order chi connectivity index (χ1) is 6.79. The van der Waals surface area contributed by atoms with E-state index in [9.17, 15) is 0 Å². The summed E-state index contributed by atoms with van der Waals surface area (Å²) in [5.74, 6) is 0.815. The molecule has 1 unspecified atom stereocenters. The molecule has 0 radical (unpaired) electrons. The van der Waals surface area contributed by atoms with Gasteiger partial charge in [-0.05, 0) is 44.3 Å². The highest BCUT2D eigenvalue weighted by molar-refractivity contribution is 5.11. The molecule has 3 nitrogen and oxygen atoms in total. The number of nitrogens with one attached hydrogen (secondary N) is 1. The van der Waals surface area contributed by atoms with Gasteiger partial charge in [0.2, 0.25) is 0 Å². The molecule has 0 amide bonds. The van der Waals surface area contributed by atoms with Gasteiger partial charge in [-0.1, -0.05) is 6.92 Å². The van der Waals surface area contributed by atoms with Crippen molar-refractivity contribution in [1.82, 2.24) is 15.1 Å². The molecule has 14 heavy (non-hydrogen) atoms. The lowest BCUT2D eigenvalue weighted by molar-refractivity contribution is 0.548. The fraction of sp³-hybridized carbons (Fsp3) is 0.727. The van der Waals surface area contributed by atoms with Gasteiger partial charge in [-0.25, -0.2) is 0 Å². The van der Waals surface area contributed by atoms with Crippen LogP contribution in [0.4, 0.5) is 0 Å². The molecular formula is C11H19N3. The van der Waals surface area contributed by atoms with Crippen LogP contribution in [0.5, 0.6) is 0 Å². The number of hydrogen-bond acceptors (Lipinski definition) is 2. The molecule has 1 N–H and O–H groups in total. The Hall–Kier alpha value is -0.830. The predicted molar refractivity (Wildman–Crippen MR) is 57.3 cm³/mol. The van der Waals surface area contributed by atoms with Crippen LogP contribution in [0.3, 0.4) is 0 Å². The van der Waals surface area contributed by atoms with Gasteiger partial charge in [0.25, 0.3) is 0 Å². The van der Waals surface area contributed by atoms with E-state index in [1.165, 1.54) is 37.3 Å². The molecule has 2 heterocycles. The topological polar surface area (TPSA) is 29.9 Å². The molecule has 1 aliphatic heterocycles. The summed E-state index contributed by atoms with van der Waals surface area (Å²) in [6.07, 6.45) is 3.53. The highest BCUT2D eigenvalue weighted by atomic mass is 15.3. The van der Waals surface area contributed by atoms with Gasteiger partial charge in [-0.2, -0.15) is 5.10 Å². The minimum Gasteiger partial charge on any atom is -0.316 e. The molecule has 1 fully saturated rings. The Balaban J connectivity index is 2.03. The molecule has 1 aromatic rings. The average molecular weight is 193 g/mol. The third-order valence-electron chi connectivity index (χ3n) is 3.05. The van der Waals surface area contributed by atoms with Crippen LogP contribution < -0.4 is 5.32 Å². The minimum atomic E-state index is 0.815. The lowest BCUT2D eigenvalue weighted by atomic mass is 10.0. The van der Waals surface area contributed by atoms with Crippen LogP contribution in [0, 0.1) is 5.92 Å². The molecule has 0 aromatic carbocycles. The Morgan fingerprint density at radius 2 is 2.50 bits per heavy atom. The van der Waals surface area contributed by atoms with Gasteiger partial charge < -0.3 is 5.32 Å². The fourth-order valence-electron chi connectivity index (χ4n) is 2.12. The van der Waals surface area contributed by atoms with Crippen LogP contribution in [0.15, 0.2) is 6.07 Å². The first-order valence-electron chi connectivity index (χ1n) is 5.52. The molecular weight excluding hydrogens is 174 g/mol. The highest BCUT2D eigenvalue weighted by Gasteiger charge is 2.16. The maximum absolute atomic E-state index is 4.47. The Bertz CT molecular complexity index is 297. The SMILES string of the molecule is CCc1cc(CC2CCNC2)n(C)n1. The third-order valence-corrected chi connectivity index (χ3v) is 3.05. The van der Waals surface area contributed by atoms with Gasteiger partial charge in [0, 0.05) is 12.7 Å². The second-order valence-corrected chi connectivity index (χ2v) is 4.17. The van der Waals surface area contributed by atoms with Crippen molar-refractivity contribution in [1.29, 1.82) is 0 Å². The molecule has 0 spiro atoms. The standard InChI is InChI=1S/C11H19N3/c1-3-10-7-11(14(2)13-10)6-9-4-5-12-8-9/h7,9,12H,3-6,8H2,1-2H3. The molecule has 78 valence electrons. The molecule has 1 aromatic heterocycles. The highest BCUT2D eigenvalue weighted by Crippen LogP contribution is 2.15. The van der Waals surface area contributed by atoms with Crippen LogP contribution in [0.2, 0.25) is 0 Å². The van der Waals surface area contributed by atoms with Gasteiger partial charge in [-0.3, -0.25) is 4.68 Å². The molecule has 0 bridgehead atoms. The average Bonchev–Trinajstić information content (AvgIpc) is 2.78. The van der Waals surface area contributed by atoms with Gasteiger partial charge in [0.05, 0.1) is 5.69 Å². The first-order valence-corrected chi connectivity index (χ1v) is 5.52. The van der Waals surface area contributed by atoms with Crippen molar-refractivity contribution >= 4 is 0 Å². The van der Waals surface area contributed by atoms with E-state index >= 15 is 0 Å². The second-order valence-electron chi connectivity index (χ2n) is 4.17. The monoisotopic (exact) mass is 193 g/mol. The van der Waals surface area contributed by atoms with Crippen molar-refractivity contribution < 1.29 is 0 Å². The van der Waals surface area contributed by atoms with Crippen LogP contribution in [0.25, 0.3) is 0 Å². The van der Waals surface area contributed by atoms with E-state index in [1.807, 2.05) is 4.68 Å². The summed E-state index contributed by atoms with van der Waals surface area (Å²) >= 11 is 0. The Kier molecular flexibility index (Phi) is 2.87. The van der Waals surface area contributed by atoms with Crippen LogP contribution in [0.1, 0.15) is 24.7 Å². The Labute approximate surface area is 85.5 Å². The molecule has 1 saturated heterocycles. The molecule has 1 atom stereocenters. The van der Waals surface area contributed by atoms with Gasteiger partial charge >= 0.3 is 0 Å². The third kappa shape index (κ3) is 1.98. The van der Waals surface area contributed by atoms with E-state index in [1.54, 1.807) is 0 Å². The van der Waals surface area contributed by atoms with Gasteiger partial charge in [0.1, 0.15) is 0 Å². The van der Waals surface area contributed by atoms with E-state index in [4.69, 9.17) is 0 Å². The van der Waals surface area contributed by atoms with Crippen LogP contribution in [-0.4, -0.2) is 22.9 Å². The minimum absolute atomic E-state index is 0.815. The van der Waals surface area contributed by atoms with E-state index in [0.29, 0.717) is 0 Å². The summed E-state index contributed by atoms with van der Waals surface area (Å²) in [4.78, 5) is 0. The summed E-state index contributed by atoms with van der Waals surface area (Å²) < 4.78 is 2.04. The molecule has 0 saturated carbocycles. The predicted octanol–water partition coefficient (Wildman–Crippen LogP) is 1.13. The number of aromatic nitrogens is 2. The number of nitrogens with zero attached hydrogens (tertiary/aromatic N) is 2. The Morgan fingerprint density at radius 1 is 1.64 bits per heavy atom. The maximum atomic E-state index is 4.47. The van der Waals surface area contributed by atoms with Crippen molar-refractivity contribution in [2.24, 2.45) is 13.0 Å². The number of rotatable bonds is 3. The van der Waals surface area contributed by atoms with E-state index < -0.39 is 0 Å². The van der Waals surface area contributed by atoms with Crippen molar-refractivity contribution in [2.45, 2.75) is 26.2 Å². The van der Waals surface area contributed by atoms with Gasteiger partial charge in [0.15, 0.2) is 0 Å². The van der Waals surface area contributed by atoms with Crippen LogP contribution >= 0.6 is 0 Å². The zero-order valence-corrected chi connectivity index (χ0v) is 9.08. The summed E-state index contributed by atoms with van der Waals surface area (Å²) in [7, 11) is 2.05. The molecule has 1 aliphatic rings. The van der Waals surface area contributed by atoms with Crippen LogP contribution in [-0.2, 0) is 19.9 Å². The van der Waals surface area contributed by atoms with Crippen molar-refractivity contribution in [3.63, 3.8) is 0 Å². The van der Waals surface area contributed by atoms with Crippen molar-refractivity contribution in [3.8, 4) is 0 Å². The van der Waals surface area contributed by atoms with Crippen molar-refractivity contribution in [2.75, 3.05) is 13.1 Å². The zero-order valence-electron chi connectivity index (χ0n) is 9.08.